The minimum Gasteiger partial charge on any atom is -0.339 e. The molecule has 134 valence electrons. The van der Waals surface area contributed by atoms with Crippen molar-refractivity contribution in [1.29, 1.82) is 0 Å². The number of anilines is 1. The molecule has 24 heavy (non-hydrogen) atoms. The summed E-state index contributed by atoms with van der Waals surface area (Å²) >= 11 is 0. The van der Waals surface area contributed by atoms with E-state index in [0.29, 0.717) is 6.67 Å². The third-order valence-electron chi connectivity index (χ3n) is 4.70. The van der Waals surface area contributed by atoms with Gasteiger partial charge >= 0.3 is 0 Å². The van der Waals surface area contributed by atoms with Gasteiger partial charge in [0.15, 0.2) is 0 Å². The number of para-hydroxylation sites is 1. The Kier molecular flexibility index (Phi) is 7.02. The zero-order valence-corrected chi connectivity index (χ0v) is 14.8. The van der Waals surface area contributed by atoms with Crippen LogP contribution in [0, 0.1) is 5.92 Å². The highest BCUT2D eigenvalue weighted by Gasteiger charge is 2.48. The average molecular weight is 333 g/mol. The van der Waals surface area contributed by atoms with Gasteiger partial charge in [0.05, 0.1) is 6.67 Å². The van der Waals surface area contributed by atoms with Gasteiger partial charge in [0.25, 0.3) is 0 Å². The summed E-state index contributed by atoms with van der Waals surface area (Å²) in [5, 5.41) is 6.31. The van der Waals surface area contributed by atoms with Gasteiger partial charge < -0.3 is 15.5 Å². The number of benzene rings is 1. The molecule has 1 aromatic carbocycles. The molecule has 3 rings (SSSR count). The summed E-state index contributed by atoms with van der Waals surface area (Å²) in [6.45, 7) is 7.74. The first-order valence-electron chi connectivity index (χ1n) is 8.85. The van der Waals surface area contributed by atoms with Crippen molar-refractivity contribution < 1.29 is 4.79 Å². The molecule has 0 unspecified atom stereocenters. The number of rotatable bonds is 4. The standard InChI is InChI=1S/C13H17N3O.C5H14N2/c17-12-13(6-8-14-9-7-13)16(10-15-12)11-4-2-1-3-5-11;1-5(2)3-4-7-6/h1-5,14H,6-10H2,(H,15,17);5,7H,3-4,6H2,1-2H3. The van der Waals surface area contributed by atoms with Gasteiger partial charge in [0.1, 0.15) is 5.54 Å². The van der Waals surface area contributed by atoms with E-state index in [2.05, 4.69) is 46.9 Å². The number of nitrogens with two attached hydrogens (primary N) is 1. The van der Waals surface area contributed by atoms with Gasteiger partial charge in [-0.1, -0.05) is 32.0 Å². The Morgan fingerprint density at radius 2 is 1.92 bits per heavy atom. The largest absolute Gasteiger partial charge is 0.339 e. The van der Waals surface area contributed by atoms with Gasteiger partial charge in [-0.25, -0.2) is 0 Å². The molecule has 1 amide bonds. The number of piperidine rings is 1. The van der Waals surface area contributed by atoms with Crippen LogP contribution in [-0.2, 0) is 4.79 Å². The minimum absolute atomic E-state index is 0.183. The summed E-state index contributed by atoms with van der Waals surface area (Å²) < 4.78 is 0. The van der Waals surface area contributed by atoms with E-state index < -0.39 is 0 Å². The maximum atomic E-state index is 12.2. The number of hydrogen-bond donors (Lipinski definition) is 4. The molecule has 1 spiro atoms. The molecule has 2 fully saturated rings. The lowest BCUT2D eigenvalue weighted by atomic mass is 9.86. The van der Waals surface area contributed by atoms with Crippen LogP contribution in [-0.4, -0.2) is 37.7 Å². The Hall–Kier alpha value is -1.63. The first kappa shape index (κ1) is 18.7. The molecule has 0 aliphatic carbocycles. The van der Waals surface area contributed by atoms with Gasteiger partial charge in [-0.2, -0.15) is 0 Å². The lowest BCUT2D eigenvalue weighted by molar-refractivity contribution is -0.124. The maximum absolute atomic E-state index is 12.2. The Morgan fingerprint density at radius 3 is 2.46 bits per heavy atom. The van der Waals surface area contributed by atoms with E-state index >= 15 is 0 Å². The molecular weight excluding hydrogens is 302 g/mol. The first-order chi connectivity index (χ1) is 11.6. The quantitative estimate of drug-likeness (QED) is 0.492. The van der Waals surface area contributed by atoms with E-state index in [-0.39, 0.29) is 11.4 Å². The van der Waals surface area contributed by atoms with Crippen LogP contribution in [0.3, 0.4) is 0 Å². The zero-order valence-electron chi connectivity index (χ0n) is 14.8. The Labute approximate surface area is 145 Å². The predicted molar refractivity (Wildman–Crippen MR) is 98.4 cm³/mol. The van der Waals surface area contributed by atoms with Gasteiger partial charge in [-0.3, -0.25) is 16.1 Å². The molecule has 2 aliphatic rings. The van der Waals surface area contributed by atoms with Gasteiger partial charge in [0.2, 0.25) is 5.91 Å². The number of nitrogens with zero attached hydrogens (tertiary/aromatic N) is 1. The number of carbonyl (C=O) groups is 1. The lowest BCUT2D eigenvalue weighted by Gasteiger charge is -2.40. The third-order valence-corrected chi connectivity index (χ3v) is 4.70. The summed E-state index contributed by atoms with van der Waals surface area (Å²) in [6, 6.07) is 10.2. The molecule has 2 aliphatic heterocycles. The van der Waals surface area contributed by atoms with Crippen LogP contribution >= 0.6 is 0 Å². The summed E-state index contributed by atoms with van der Waals surface area (Å²) in [6.07, 6.45) is 2.93. The fourth-order valence-corrected chi connectivity index (χ4v) is 3.24. The fraction of sp³-hybridized carbons (Fsp3) is 0.611. The first-order valence-corrected chi connectivity index (χ1v) is 8.85. The number of carbonyl (C=O) groups excluding carboxylic acids is 1. The molecular formula is C18H31N5O. The SMILES string of the molecule is CC(C)CCNN.O=C1NCN(c2ccccc2)C12CCNCC2. The normalized spacial score (nSPS) is 19.2. The molecule has 5 N–H and O–H groups in total. The van der Waals surface area contributed by atoms with Crippen molar-refractivity contribution in [3.8, 4) is 0 Å². The molecule has 2 heterocycles. The molecule has 1 aromatic rings. The van der Waals surface area contributed by atoms with Crippen molar-refractivity contribution >= 4 is 11.6 Å². The van der Waals surface area contributed by atoms with Crippen LogP contribution in [0.4, 0.5) is 5.69 Å². The highest BCUT2D eigenvalue weighted by molar-refractivity contribution is 5.93. The topological polar surface area (TPSA) is 82.4 Å². The second-order valence-corrected chi connectivity index (χ2v) is 6.85. The van der Waals surface area contributed by atoms with Crippen molar-refractivity contribution in [2.75, 3.05) is 31.2 Å². The monoisotopic (exact) mass is 333 g/mol. The Bertz CT molecular complexity index is 499. The van der Waals surface area contributed by atoms with E-state index in [1.54, 1.807) is 0 Å². The molecule has 0 saturated carbocycles. The Morgan fingerprint density at radius 1 is 1.25 bits per heavy atom. The number of hydrazine groups is 1. The average Bonchev–Trinajstić information content (AvgIpc) is 2.91. The zero-order chi connectivity index (χ0) is 17.4. The van der Waals surface area contributed by atoms with Gasteiger partial charge in [0, 0.05) is 12.2 Å². The van der Waals surface area contributed by atoms with E-state index in [1.165, 1.54) is 0 Å². The van der Waals surface area contributed by atoms with E-state index in [9.17, 15) is 4.79 Å². The molecule has 6 nitrogen and oxygen atoms in total. The third kappa shape index (κ3) is 4.47. The lowest BCUT2D eigenvalue weighted by Crippen LogP contribution is -2.55. The summed E-state index contributed by atoms with van der Waals surface area (Å²) in [5.74, 6) is 5.97. The minimum atomic E-state index is -0.327. The van der Waals surface area contributed by atoms with Crippen LogP contribution in [0.2, 0.25) is 0 Å². The number of hydrogen-bond acceptors (Lipinski definition) is 5. The van der Waals surface area contributed by atoms with Crippen LogP contribution in [0.25, 0.3) is 0 Å². The van der Waals surface area contributed by atoms with Crippen LogP contribution in [0.5, 0.6) is 0 Å². The fourth-order valence-electron chi connectivity index (χ4n) is 3.24. The molecule has 2 saturated heterocycles. The maximum Gasteiger partial charge on any atom is 0.247 e. The summed E-state index contributed by atoms with van der Waals surface area (Å²) in [7, 11) is 0. The summed E-state index contributed by atoms with van der Waals surface area (Å²) in [5.41, 5.74) is 3.40. The molecule has 0 radical (unpaired) electrons. The predicted octanol–water partition coefficient (Wildman–Crippen LogP) is 1.20. The highest BCUT2D eigenvalue weighted by Crippen LogP contribution is 2.34. The molecule has 0 atom stereocenters. The van der Waals surface area contributed by atoms with Crippen molar-refractivity contribution in [3.05, 3.63) is 30.3 Å². The van der Waals surface area contributed by atoms with Gasteiger partial charge in [-0.05, 0) is 50.4 Å². The Balaban J connectivity index is 0.000000256. The van der Waals surface area contributed by atoms with E-state index in [1.807, 2.05) is 18.2 Å². The van der Waals surface area contributed by atoms with Crippen LogP contribution in [0.15, 0.2) is 30.3 Å². The second-order valence-electron chi connectivity index (χ2n) is 6.85. The van der Waals surface area contributed by atoms with Crippen LogP contribution < -0.4 is 26.8 Å². The van der Waals surface area contributed by atoms with Crippen molar-refractivity contribution in [2.45, 2.75) is 38.6 Å². The number of amides is 1. The smallest absolute Gasteiger partial charge is 0.247 e. The number of nitrogens with one attached hydrogen (secondary N) is 3. The van der Waals surface area contributed by atoms with Crippen molar-refractivity contribution in [1.82, 2.24) is 16.1 Å². The second kappa shape index (κ2) is 9.01. The molecule has 0 aromatic heterocycles. The molecule has 6 heteroatoms. The van der Waals surface area contributed by atoms with Crippen molar-refractivity contribution in [2.24, 2.45) is 11.8 Å². The van der Waals surface area contributed by atoms with Gasteiger partial charge in [-0.15, -0.1) is 0 Å². The summed E-state index contributed by atoms with van der Waals surface area (Å²) in [4.78, 5) is 14.4. The van der Waals surface area contributed by atoms with Crippen molar-refractivity contribution in [3.63, 3.8) is 0 Å². The van der Waals surface area contributed by atoms with E-state index in [0.717, 1.165) is 50.5 Å². The highest BCUT2D eigenvalue weighted by atomic mass is 16.2. The molecule has 0 bridgehead atoms. The van der Waals surface area contributed by atoms with E-state index in [4.69, 9.17) is 5.84 Å². The van der Waals surface area contributed by atoms with Crippen LogP contribution in [0.1, 0.15) is 33.1 Å².